The molecular formula is C20H22N2O7. The molecule has 0 fully saturated rings. The van der Waals surface area contributed by atoms with E-state index < -0.39 is 22.9 Å². The van der Waals surface area contributed by atoms with Crippen LogP contribution in [0.1, 0.15) is 30.6 Å². The number of nitro groups is 1. The first kappa shape index (κ1) is 21.7. The van der Waals surface area contributed by atoms with Crippen molar-refractivity contribution in [1.82, 2.24) is 0 Å². The predicted octanol–water partition coefficient (Wildman–Crippen LogP) is 3.58. The second-order valence-electron chi connectivity index (χ2n) is 6.03. The zero-order valence-corrected chi connectivity index (χ0v) is 16.3. The van der Waals surface area contributed by atoms with Gasteiger partial charge in [0.15, 0.2) is 17.6 Å². The average molecular weight is 402 g/mol. The van der Waals surface area contributed by atoms with Gasteiger partial charge >= 0.3 is 5.97 Å². The number of nitrogens with one attached hydrogen (secondary N) is 1. The molecule has 2 rings (SSSR count). The molecule has 29 heavy (non-hydrogen) atoms. The second-order valence-corrected chi connectivity index (χ2v) is 6.03. The fraction of sp³-hybridized carbons (Fsp3) is 0.300. The molecule has 1 atom stereocenters. The SMILES string of the molecule is CCCOc1ccc(C(=O)O[C@H](C)C(=O)Nc2ccccc2[N+](=O)[O-])cc1OC. The van der Waals surface area contributed by atoms with E-state index in [1.54, 1.807) is 12.1 Å². The van der Waals surface area contributed by atoms with Gasteiger partial charge in [0, 0.05) is 6.07 Å². The van der Waals surface area contributed by atoms with Crippen LogP contribution in [0, 0.1) is 10.1 Å². The molecular weight excluding hydrogens is 380 g/mol. The lowest BCUT2D eigenvalue weighted by Gasteiger charge is -2.15. The molecule has 9 heteroatoms. The Morgan fingerprint density at radius 1 is 1.17 bits per heavy atom. The molecule has 154 valence electrons. The van der Waals surface area contributed by atoms with Gasteiger partial charge in [0.2, 0.25) is 0 Å². The number of esters is 1. The van der Waals surface area contributed by atoms with Gasteiger partial charge in [0.1, 0.15) is 5.69 Å². The number of hydrogen-bond acceptors (Lipinski definition) is 7. The Kier molecular flexibility index (Phi) is 7.53. The highest BCUT2D eigenvalue weighted by atomic mass is 16.6. The van der Waals surface area contributed by atoms with Gasteiger partial charge in [-0.1, -0.05) is 19.1 Å². The Labute approximate surface area is 167 Å². The van der Waals surface area contributed by atoms with E-state index in [-0.39, 0.29) is 16.9 Å². The summed E-state index contributed by atoms with van der Waals surface area (Å²) < 4.78 is 15.9. The number of ether oxygens (including phenoxy) is 3. The van der Waals surface area contributed by atoms with E-state index in [0.717, 1.165) is 6.42 Å². The summed E-state index contributed by atoms with van der Waals surface area (Å²) in [6, 6.07) is 10.2. The maximum absolute atomic E-state index is 12.4. The molecule has 0 bridgehead atoms. The van der Waals surface area contributed by atoms with E-state index in [0.29, 0.717) is 18.1 Å². The minimum atomic E-state index is -1.18. The molecule has 0 aromatic heterocycles. The molecule has 0 radical (unpaired) electrons. The number of para-hydroxylation sites is 2. The van der Waals surface area contributed by atoms with Gasteiger partial charge in [0.25, 0.3) is 11.6 Å². The van der Waals surface area contributed by atoms with Crippen LogP contribution >= 0.6 is 0 Å². The van der Waals surface area contributed by atoms with Gasteiger partial charge in [-0.25, -0.2) is 4.79 Å². The number of anilines is 1. The third-order valence-electron chi connectivity index (χ3n) is 3.87. The van der Waals surface area contributed by atoms with E-state index in [2.05, 4.69) is 5.32 Å². The van der Waals surface area contributed by atoms with E-state index in [4.69, 9.17) is 14.2 Å². The molecule has 1 N–H and O–H groups in total. The number of carbonyl (C=O) groups is 2. The quantitative estimate of drug-likeness (QED) is 0.387. The maximum atomic E-state index is 12.4. The van der Waals surface area contributed by atoms with Gasteiger partial charge in [0.05, 0.1) is 24.2 Å². The van der Waals surface area contributed by atoms with Crippen molar-refractivity contribution in [2.45, 2.75) is 26.4 Å². The Hall–Kier alpha value is -3.62. The Bertz CT molecular complexity index is 898. The molecule has 9 nitrogen and oxygen atoms in total. The van der Waals surface area contributed by atoms with Crippen LogP contribution in [-0.4, -0.2) is 36.6 Å². The monoisotopic (exact) mass is 402 g/mol. The van der Waals surface area contributed by atoms with Crippen LogP contribution in [0.15, 0.2) is 42.5 Å². The maximum Gasteiger partial charge on any atom is 0.339 e. The first-order valence-corrected chi connectivity index (χ1v) is 8.93. The molecule has 0 aliphatic carbocycles. The zero-order valence-electron chi connectivity index (χ0n) is 16.3. The highest BCUT2D eigenvalue weighted by molar-refractivity contribution is 5.98. The second kappa shape index (κ2) is 10.1. The van der Waals surface area contributed by atoms with Crippen molar-refractivity contribution in [2.75, 3.05) is 19.0 Å². The summed E-state index contributed by atoms with van der Waals surface area (Å²) in [4.78, 5) is 35.1. The summed E-state index contributed by atoms with van der Waals surface area (Å²) in [7, 11) is 1.45. The molecule has 1 amide bonds. The van der Waals surface area contributed by atoms with Gasteiger partial charge in [-0.15, -0.1) is 0 Å². The molecule has 2 aromatic carbocycles. The summed E-state index contributed by atoms with van der Waals surface area (Å²) in [6.45, 7) is 3.84. The smallest absolute Gasteiger partial charge is 0.339 e. The summed E-state index contributed by atoms with van der Waals surface area (Å²) in [6.07, 6.45) is -0.358. The third kappa shape index (κ3) is 5.68. The minimum Gasteiger partial charge on any atom is -0.493 e. The molecule has 2 aromatic rings. The van der Waals surface area contributed by atoms with E-state index in [9.17, 15) is 19.7 Å². The topological polar surface area (TPSA) is 117 Å². The fourth-order valence-corrected chi connectivity index (χ4v) is 2.38. The number of amides is 1. The van der Waals surface area contributed by atoms with Crippen LogP contribution in [0.2, 0.25) is 0 Å². The molecule has 0 aliphatic rings. The number of hydrogen-bond donors (Lipinski definition) is 1. The summed E-state index contributed by atoms with van der Waals surface area (Å²) in [5, 5.41) is 13.4. The Morgan fingerprint density at radius 3 is 2.55 bits per heavy atom. The van der Waals surface area contributed by atoms with Gasteiger partial charge in [-0.3, -0.25) is 14.9 Å². The van der Waals surface area contributed by atoms with Crippen molar-refractivity contribution in [3.8, 4) is 11.5 Å². The molecule has 0 heterocycles. The highest BCUT2D eigenvalue weighted by Gasteiger charge is 2.23. The first-order valence-electron chi connectivity index (χ1n) is 8.93. The predicted molar refractivity (Wildman–Crippen MR) is 105 cm³/mol. The summed E-state index contributed by atoms with van der Waals surface area (Å²) >= 11 is 0. The average Bonchev–Trinajstić information content (AvgIpc) is 2.72. The van der Waals surface area contributed by atoms with Crippen molar-refractivity contribution in [3.63, 3.8) is 0 Å². The zero-order chi connectivity index (χ0) is 21.4. The lowest BCUT2D eigenvalue weighted by Crippen LogP contribution is -2.30. The number of nitrogens with zero attached hydrogens (tertiary/aromatic N) is 1. The number of carbonyl (C=O) groups excluding carboxylic acids is 2. The largest absolute Gasteiger partial charge is 0.493 e. The van der Waals surface area contributed by atoms with Gasteiger partial charge in [-0.05, 0) is 37.6 Å². The van der Waals surface area contributed by atoms with Crippen molar-refractivity contribution in [1.29, 1.82) is 0 Å². The van der Waals surface area contributed by atoms with Gasteiger partial charge < -0.3 is 19.5 Å². The van der Waals surface area contributed by atoms with Crippen LogP contribution in [0.25, 0.3) is 0 Å². The molecule has 0 saturated carbocycles. The van der Waals surface area contributed by atoms with Crippen LogP contribution in [0.4, 0.5) is 11.4 Å². The lowest BCUT2D eigenvalue weighted by atomic mass is 10.2. The van der Waals surface area contributed by atoms with Crippen LogP contribution in [0.5, 0.6) is 11.5 Å². The van der Waals surface area contributed by atoms with Crippen LogP contribution in [-0.2, 0) is 9.53 Å². The number of benzene rings is 2. The Morgan fingerprint density at radius 2 is 1.90 bits per heavy atom. The summed E-state index contributed by atoms with van der Waals surface area (Å²) in [5.41, 5.74) is -0.0627. The van der Waals surface area contributed by atoms with Crippen molar-refractivity contribution >= 4 is 23.3 Å². The van der Waals surface area contributed by atoms with Crippen LogP contribution in [0.3, 0.4) is 0 Å². The third-order valence-corrected chi connectivity index (χ3v) is 3.87. The molecule has 0 aliphatic heterocycles. The highest BCUT2D eigenvalue weighted by Crippen LogP contribution is 2.29. The van der Waals surface area contributed by atoms with E-state index in [1.165, 1.54) is 44.4 Å². The summed E-state index contributed by atoms with van der Waals surface area (Å²) in [5.74, 6) is -0.573. The van der Waals surface area contributed by atoms with Crippen molar-refractivity contribution in [3.05, 3.63) is 58.1 Å². The minimum absolute atomic E-state index is 0.0181. The molecule has 0 spiro atoms. The fourth-order valence-electron chi connectivity index (χ4n) is 2.38. The van der Waals surface area contributed by atoms with Crippen molar-refractivity contribution < 1.29 is 28.7 Å². The standard InChI is InChI=1S/C20H22N2O7/c1-4-11-28-17-10-9-14(12-18(17)27-3)20(24)29-13(2)19(23)21-15-7-5-6-8-16(15)22(25)26/h5-10,12-13H,4,11H2,1-3H3,(H,21,23)/t13-/m1/s1. The number of methoxy groups -OCH3 is 1. The molecule has 0 unspecified atom stereocenters. The molecule has 0 saturated heterocycles. The van der Waals surface area contributed by atoms with Crippen LogP contribution < -0.4 is 14.8 Å². The normalized spacial score (nSPS) is 11.3. The first-order chi connectivity index (χ1) is 13.9. The Balaban J connectivity index is 2.06. The lowest BCUT2D eigenvalue weighted by molar-refractivity contribution is -0.383. The van der Waals surface area contributed by atoms with Crippen molar-refractivity contribution in [2.24, 2.45) is 0 Å². The number of rotatable bonds is 9. The van der Waals surface area contributed by atoms with Gasteiger partial charge in [-0.2, -0.15) is 0 Å². The van der Waals surface area contributed by atoms with E-state index in [1.807, 2.05) is 6.92 Å². The van der Waals surface area contributed by atoms with E-state index >= 15 is 0 Å². The number of nitro benzene ring substituents is 1.